The molecule has 2 amide bonds. The number of aromatic nitrogens is 2. The van der Waals surface area contributed by atoms with Gasteiger partial charge >= 0.3 is 0 Å². The van der Waals surface area contributed by atoms with Gasteiger partial charge in [0, 0.05) is 6.54 Å². The number of H-pyrrole nitrogens is 1. The number of nitrogens with zero attached hydrogens (tertiary/aromatic N) is 1. The lowest BCUT2D eigenvalue weighted by Crippen LogP contribution is -2.23. The van der Waals surface area contributed by atoms with Crippen molar-refractivity contribution in [3.8, 4) is 0 Å². The summed E-state index contributed by atoms with van der Waals surface area (Å²) < 4.78 is 13.1. The van der Waals surface area contributed by atoms with Gasteiger partial charge in [-0.25, -0.2) is 9.37 Å². The Morgan fingerprint density at radius 3 is 2.74 bits per heavy atom. The van der Waals surface area contributed by atoms with Gasteiger partial charge < -0.3 is 16.0 Å². The van der Waals surface area contributed by atoms with Gasteiger partial charge in [-0.1, -0.05) is 18.2 Å². The number of amides is 2. The third-order valence-corrected chi connectivity index (χ3v) is 3.33. The van der Waals surface area contributed by atoms with Gasteiger partial charge in [-0.15, -0.1) is 0 Å². The van der Waals surface area contributed by atoms with Crippen LogP contribution in [0.25, 0.3) is 11.0 Å². The molecule has 0 atom stereocenters. The first-order valence-electron chi connectivity index (χ1n) is 6.86. The number of rotatable bonds is 4. The number of fused-ring (bicyclic) bond motifs is 1. The Morgan fingerprint density at radius 2 is 2.00 bits per heavy atom. The predicted molar refractivity (Wildman–Crippen MR) is 82.2 cm³/mol. The second-order valence-corrected chi connectivity index (χ2v) is 4.96. The summed E-state index contributed by atoms with van der Waals surface area (Å²) >= 11 is 0. The van der Waals surface area contributed by atoms with Crippen molar-refractivity contribution in [3.05, 3.63) is 65.2 Å². The zero-order chi connectivity index (χ0) is 16.4. The minimum absolute atomic E-state index is 0.00891. The SMILES string of the molecule is NC(=O)c1nc2c(C(=O)NCc3cccc(F)c3)cccc2[nH]1. The van der Waals surface area contributed by atoms with Gasteiger partial charge in [-0.2, -0.15) is 0 Å². The molecule has 1 heterocycles. The Labute approximate surface area is 130 Å². The summed E-state index contributed by atoms with van der Waals surface area (Å²) in [5.41, 5.74) is 7.03. The number of carbonyl (C=O) groups excluding carboxylic acids is 2. The number of nitrogens with one attached hydrogen (secondary N) is 2. The number of primary amides is 1. The monoisotopic (exact) mass is 312 g/mol. The van der Waals surface area contributed by atoms with Crippen molar-refractivity contribution in [1.82, 2.24) is 15.3 Å². The van der Waals surface area contributed by atoms with Crippen LogP contribution < -0.4 is 11.1 Å². The Hall–Kier alpha value is -3.22. The molecule has 0 radical (unpaired) electrons. The summed E-state index contributed by atoms with van der Waals surface area (Å²) in [5, 5.41) is 2.70. The average molecular weight is 312 g/mol. The molecule has 3 aromatic rings. The fourth-order valence-electron chi connectivity index (χ4n) is 2.26. The molecule has 23 heavy (non-hydrogen) atoms. The van der Waals surface area contributed by atoms with E-state index in [2.05, 4.69) is 15.3 Å². The van der Waals surface area contributed by atoms with E-state index in [1.165, 1.54) is 12.1 Å². The quantitative estimate of drug-likeness (QED) is 0.684. The maximum atomic E-state index is 13.1. The van der Waals surface area contributed by atoms with Crippen LogP contribution in [0.1, 0.15) is 26.5 Å². The Morgan fingerprint density at radius 1 is 1.22 bits per heavy atom. The van der Waals surface area contributed by atoms with Gasteiger partial charge in [-0.3, -0.25) is 9.59 Å². The number of carbonyl (C=O) groups is 2. The molecule has 0 aliphatic carbocycles. The van der Waals surface area contributed by atoms with Crippen LogP contribution in [0.5, 0.6) is 0 Å². The maximum Gasteiger partial charge on any atom is 0.284 e. The van der Waals surface area contributed by atoms with E-state index in [1.54, 1.807) is 30.3 Å². The minimum atomic E-state index is -0.702. The van der Waals surface area contributed by atoms with Crippen LogP contribution in [-0.4, -0.2) is 21.8 Å². The van der Waals surface area contributed by atoms with Crippen LogP contribution in [0.3, 0.4) is 0 Å². The fourth-order valence-corrected chi connectivity index (χ4v) is 2.26. The Kier molecular flexibility index (Phi) is 3.76. The van der Waals surface area contributed by atoms with Crippen LogP contribution in [0.2, 0.25) is 0 Å². The highest BCUT2D eigenvalue weighted by Crippen LogP contribution is 2.16. The number of para-hydroxylation sites is 1. The topological polar surface area (TPSA) is 101 Å². The van der Waals surface area contributed by atoms with Crippen LogP contribution in [0.4, 0.5) is 4.39 Å². The molecule has 0 saturated heterocycles. The van der Waals surface area contributed by atoms with E-state index in [0.717, 1.165) is 0 Å². The molecule has 0 unspecified atom stereocenters. The third-order valence-electron chi connectivity index (χ3n) is 3.33. The van der Waals surface area contributed by atoms with Crippen molar-refractivity contribution in [1.29, 1.82) is 0 Å². The van der Waals surface area contributed by atoms with E-state index < -0.39 is 5.91 Å². The van der Waals surface area contributed by atoms with Crippen molar-refractivity contribution in [3.63, 3.8) is 0 Å². The van der Waals surface area contributed by atoms with E-state index in [9.17, 15) is 14.0 Å². The molecule has 7 heteroatoms. The van der Waals surface area contributed by atoms with E-state index in [1.807, 2.05) is 0 Å². The van der Waals surface area contributed by atoms with Gasteiger partial charge in [0.15, 0.2) is 5.82 Å². The lowest BCUT2D eigenvalue weighted by molar-refractivity contribution is 0.0950. The number of halogens is 1. The number of benzene rings is 2. The lowest BCUT2D eigenvalue weighted by Gasteiger charge is -2.06. The van der Waals surface area contributed by atoms with Crippen molar-refractivity contribution >= 4 is 22.8 Å². The first-order chi connectivity index (χ1) is 11.0. The highest BCUT2D eigenvalue weighted by Gasteiger charge is 2.15. The molecule has 6 nitrogen and oxygen atoms in total. The van der Waals surface area contributed by atoms with E-state index in [4.69, 9.17) is 5.73 Å². The first-order valence-corrected chi connectivity index (χ1v) is 6.86. The van der Waals surface area contributed by atoms with Crippen molar-refractivity contribution in [2.45, 2.75) is 6.54 Å². The van der Waals surface area contributed by atoms with Gasteiger partial charge in [0.25, 0.3) is 11.8 Å². The molecule has 0 saturated carbocycles. The van der Waals surface area contributed by atoms with Gasteiger partial charge in [0.05, 0.1) is 11.1 Å². The molecule has 4 N–H and O–H groups in total. The largest absolute Gasteiger partial charge is 0.363 e. The second kappa shape index (κ2) is 5.88. The molecular formula is C16H13FN4O2. The summed E-state index contributed by atoms with van der Waals surface area (Å²) in [6, 6.07) is 10.9. The summed E-state index contributed by atoms with van der Waals surface area (Å²) in [4.78, 5) is 30.3. The van der Waals surface area contributed by atoms with E-state index >= 15 is 0 Å². The molecule has 0 fully saturated rings. The van der Waals surface area contributed by atoms with Crippen LogP contribution >= 0.6 is 0 Å². The molecule has 0 bridgehead atoms. The maximum absolute atomic E-state index is 13.1. The molecule has 0 spiro atoms. The molecule has 1 aromatic heterocycles. The molecule has 0 aliphatic heterocycles. The van der Waals surface area contributed by atoms with E-state index in [-0.39, 0.29) is 24.1 Å². The van der Waals surface area contributed by atoms with Crippen LogP contribution in [0, 0.1) is 5.82 Å². The lowest BCUT2D eigenvalue weighted by atomic mass is 10.1. The number of nitrogens with two attached hydrogens (primary N) is 1. The number of aromatic amines is 1. The fraction of sp³-hybridized carbons (Fsp3) is 0.0625. The van der Waals surface area contributed by atoms with Crippen LogP contribution in [-0.2, 0) is 6.54 Å². The Balaban J connectivity index is 1.84. The third kappa shape index (κ3) is 3.03. The highest BCUT2D eigenvalue weighted by atomic mass is 19.1. The predicted octanol–water partition coefficient (Wildman–Crippen LogP) is 1.73. The smallest absolute Gasteiger partial charge is 0.284 e. The second-order valence-electron chi connectivity index (χ2n) is 4.96. The molecule has 3 rings (SSSR count). The molecule has 0 aliphatic rings. The van der Waals surface area contributed by atoms with Crippen LogP contribution in [0.15, 0.2) is 42.5 Å². The van der Waals surface area contributed by atoms with Gasteiger partial charge in [0.2, 0.25) is 0 Å². The number of hydrogen-bond acceptors (Lipinski definition) is 3. The van der Waals surface area contributed by atoms with Crippen molar-refractivity contribution < 1.29 is 14.0 Å². The Bertz CT molecular complexity index is 904. The normalized spacial score (nSPS) is 10.7. The number of hydrogen-bond donors (Lipinski definition) is 3. The van der Waals surface area contributed by atoms with Gasteiger partial charge in [0.1, 0.15) is 11.3 Å². The zero-order valence-electron chi connectivity index (χ0n) is 12.0. The van der Waals surface area contributed by atoms with E-state index in [0.29, 0.717) is 22.2 Å². The summed E-state index contributed by atoms with van der Waals surface area (Å²) in [6.07, 6.45) is 0. The summed E-state index contributed by atoms with van der Waals surface area (Å²) in [7, 11) is 0. The first kappa shape index (κ1) is 14.7. The average Bonchev–Trinajstić information content (AvgIpc) is 2.97. The summed E-state index contributed by atoms with van der Waals surface area (Å²) in [5.74, 6) is -1.45. The number of imidazole rings is 1. The standard InChI is InChI=1S/C16H13FN4O2/c17-10-4-1-3-9(7-10)8-19-16(23)11-5-2-6-12-13(11)21-15(20-12)14(18)22/h1-7H,8H2,(H2,18,22)(H,19,23)(H,20,21). The van der Waals surface area contributed by atoms with Gasteiger partial charge in [-0.05, 0) is 29.8 Å². The van der Waals surface area contributed by atoms with Crippen molar-refractivity contribution in [2.24, 2.45) is 5.73 Å². The zero-order valence-corrected chi connectivity index (χ0v) is 12.0. The highest BCUT2D eigenvalue weighted by molar-refractivity contribution is 6.06. The molecular weight excluding hydrogens is 299 g/mol. The molecule has 2 aromatic carbocycles. The van der Waals surface area contributed by atoms with Crippen molar-refractivity contribution in [2.75, 3.05) is 0 Å². The molecule has 116 valence electrons. The summed E-state index contributed by atoms with van der Waals surface area (Å²) in [6.45, 7) is 0.181. The minimum Gasteiger partial charge on any atom is -0.363 e.